The Morgan fingerprint density at radius 3 is 2.68 bits per heavy atom. The third-order valence-electron chi connectivity index (χ3n) is 2.98. The minimum atomic E-state index is 0.121. The molecular weight excluding hydrogens is 344 g/mol. The Morgan fingerprint density at radius 1 is 1.42 bits per heavy atom. The molecule has 1 unspecified atom stereocenters. The van der Waals surface area contributed by atoms with Crippen molar-refractivity contribution in [1.29, 1.82) is 0 Å². The lowest BCUT2D eigenvalue weighted by Crippen LogP contribution is -2.21. The quantitative estimate of drug-likeness (QED) is 0.842. The van der Waals surface area contributed by atoms with E-state index in [9.17, 15) is 0 Å². The van der Waals surface area contributed by atoms with E-state index in [-0.39, 0.29) is 6.04 Å². The number of thiazole rings is 1. The Hall–Kier alpha value is -0.420. The predicted octanol–water partition coefficient (Wildman–Crippen LogP) is 4.87. The zero-order chi connectivity index (χ0) is 14.0. The van der Waals surface area contributed by atoms with Gasteiger partial charge in [-0.25, -0.2) is 4.98 Å². The second-order valence-electron chi connectivity index (χ2n) is 4.36. The molecule has 1 aromatic carbocycles. The molecule has 0 saturated carbocycles. The van der Waals surface area contributed by atoms with Crippen molar-refractivity contribution in [3.63, 3.8) is 0 Å². The molecular formula is C14H16BrClN2S. The Bertz CT molecular complexity index is 563. The fourth-order valence-corrected chi connectivity index (χ4v) is 3.41. The zero-order valence-electron chi connectivity index (χ0n) is 11.1. The molecule has 0 bridgehead atoms. The van der Waals surface area contributed by atoms with Crippen molar-refractivity contribution in [2.75, 3.05) is 6.54 Å². The molecule has 1 heterocycles. The van der Waals surface area contributed by atoms with Gasteiger partial charge in [-0.2, -0.15) is 0 Å². The maximum atomic E-state index is 6.06. The number of aryl methyl sites for hydroxylation is 2. The maximum Gasteiger partial charge on any atom is 0.115 e. The molecule has 1 N–H and O–H groups in total. The van der Waals surface area contributed by atoms with Crippen molar-refractivity contribution in [3.8, 4) is 0 Å². The van der Waals surface area contributed by atoms with Gasteiger partial charge in [0.05, 0.1) is 16.8 Å². The van der Waals surface area contributed by atoms with Crippen LogP contribution in [0.1, 0.15) is 34.1 Å². The second-order valence-corrected chi connectivity index (χ2v) is 6.85. The molecule has 102 valence electrons. The van der Waals surface area contributed by atoms with Gasteiger partial charge < -0.3 is 5.32 Å². The molecule has 0 radical (unpaired) electrons. The number of rotatable bonds is 4. The van der Waals surface area contributed by atoms with Gasteiger partial charge in [0.1, 0.15) is 5.01 Å². The van der Waals surface area contributed by atoms with Gasteiger partial charge in [0.2, 0.25) is 0 Å². The lowest BCUT2D eigenvalue weighted by atomic mass is 10.1. The average molecular weight is 360 g/mol. The third kappa shape index (κ3) is 3.37. The largest absolute Gasteiger partial charge is 0.305 e. The first-order valence-electron chi connectivity index (χ1n) is 6.15. The summed E-state index contributed by atoms with van der Waals surface area (Å²) >= 11 is 11.3. The van der Waals surface area contributed by atoms with Crippen LogP contribution in [-0.2, 0) is 0 Å². The fourth-order valence-electron chi connectivity index (χ4n) is 1.86. The van der Waals surface area contributed by atoms with Crippen LogP contribution in [0.2, 0.25) is 5.02 Å². The summed E-state index contributed by atoms with van der Waals surface area (Å²) in [6.07, 6.45) is 0. The summed E-state index contributed by atoms with van der Waals surface area (Å²) in [7, 11) is 0. The van der Waals surface area contributed by atoms with Crippen LogP contribution in [0.25, 0.3) is 0 Å². The molecule has 0 fully saturated rings. The number of nitrogens with zero attached hydrogens (tertiary/aromatic N) is 1. The van der Waals surface area contributed by atoms with Crippen LogP contribution in [0.5, 0.6) is 0 Å². The normalized spacial score (nSPS) is 12.7. The molecule has 0 aliphatic heterocycles. The number of benzene rings is 1. The highest BCUT2D eigenvalue weighted by Gasteiger charge is 2.18. The van der Waals surface area contributed by atoms with Gasteiger partial charge in [-0.1, -0.05) is 24.6 Å². The van der Waals surface area contributed by atoms with Crippen LogP contribution >= 0.6 is 38.9 Å². The number of hydrogen-bond donors (Lipinski definition) is 1. The van der Waals surface area contributed by atoms with Crippen molar-refractivity contribution >= 4 is 38.9 Å². The van der Waals surface area contributed by atoms with Gasteiger partial charge in [-0.15, -0.1) is 11.3 Å². The molecule has 2 aromatic rings. The lowest BCUT2D eigenvalue weighted by Gasteiger charge is -2.16. The van der Waals surface area contributed by atoms with Crippen molar-refractivity contribution in [3.05, 3.63) is 48.8 Å². The van der Waals surface area contributed by atoms with Crippen LogP contribution < -0.4 is 5.32 Å². The minimum Gasteiger partial charge on any atom is -0.305 e. The zero-order valence-corrected chi connectivity index (χ0v) is 14.3. The second kappa shape index (κ2) is 6.35. The summed E-state index contributed by atoms with van der Waals surface area (Å²) in [5.74, 6) is 0. The SMILES string of the molecule is CCNC(c1ccc(Cl)c(Br)c1)c1nc(C)c(C)s1. The molecule has 2 nitrogen and oxygen atoms in total. The predicted molar refractivity (Wildman–Crippen MR) is 86.3 cm³/mol. The van der Waals surface area contributed by atoms with Crippen molar-refractivity contribution < 1.29 is 0 Å². The number of aromatic nitrogens is 1. The summed E-state index contributed by atoms with van der Waals surface area (Å²) in [4.78, 5) is 5.93. The van der Waals surface area contributed by atoms with E-state index in [1.165, 1.54) is 10.4 Å². The highest BCUT2D eigenvalue weighted by Crippen LogP contribution is 2.31. The Morgan fingerprint density at radius 2 is 2.16 bits per heavy atom. The van der Waals surface area contributed by atoms with Gasteiger partial charge in [-0.05, 0) is 54.0 Å². The molecule has 1 aromatic heterocycles. The summed E-state index contributed by atoms with van der Waals surface area (Å²) < 4.78 is 0.916. The van der Waals surface area contributed by atoms with E-state index in [1.807, 2.05) is 12.1 Å². The summed E-state index contributed by atoms with van der Waals surface area (Å²) in [6.45, 7) is 7.15. The highest BCUT2D eigenvalue weighted by atomic mass is 79.9. The molecule has 0 amide bonds. The first kappa shape index (κ1) is 15.0. The first-order chi connectivity index (χ1) is 9.02. The van der Waals surface area contributed by atoms with Gasteiger partial charge in [0.15, 0.2) is 0 Å². The molecule has 0 saturated heterocycles. The topological polar surface area (TPSA) is 24.9 Å². The van der Waals surface area contributed by atoms with Gasteiger partial charge in [0.25, 0.3) is 0 Å². The lowest BCUT2D eigenvalue weighted by molar-refractivity contribution is 0.626. The third-order valence-corrected chi connectivity index (χ3v) is 5.33. The van der Waals surface area contributed by atoms with Crippen LogP contribution in [0.15, 0.2) is 22.7 Å². The Kier molecular flexibility index (Phi) is 5.01. The molecule has 19 heavy (non-hydrogen) atoms. The van der Waals surface area contributed by atoms with Crippen molar-refractivity contribution in [2.45, 2.75) is 26.8 Å². The molecule has 0 aliphatic carbocycles. The monoisotopic (exact) mass is 358 g/mol. The van der Waals surface area contributed by atoms with E-state index in [0.29, 0.717) is 0 Å². The molecule has 2 rings (SSSR count). The van der Waals surface area contributed by atoms with Crippen LogP contribution in [0, 0.1) is 13.8 Å². The van der Waals surface area contributed by atoms with Crippen molar-refractivity contribution in [2.24, 2.45) is 0 Å². The standard InChI is InChI=1S/C14H16BrClN2S/c1-4-17-13(14-18-8(2)9(3)19-14)10-5-6-12(16)11(15)7-10/h5-7,13,17H,4H2,1-3H3. The smallest absolute Gasteiger partial charge is 0.115 e. The molecule has 1 atom stereocenters. The number of halogens is 2. The fraction of sp³-hybridized carbons (Fsp3) is 0.357. The summed E-state index contributed by atoms with van der Waals surface area (Å²) in [6, 6.07) is 6.14. The molecule has 5 heteroatoms. The van der Waals surface area contributed by atoms with E-state index >= 15 is 0 Å². The summed E-state index contributed by atoms with van der Waals surface area (Å²) in [5, 5.41) is 5.32. The van der Waals surface area contributed by atoms with Gasteiger partial charge in [-0.3, -0.25) is 0 Å². The van der Waals surface area contributed by atoms with Gasteiger partial charge in [0, 0.05) is 9.35 Å². The van der Waals surface area contributed by atoms with E-state index < -0.39 is 0 Å². The van der Waals surface area contributed by atoms with Gasteiger partial charge >= 0.3 is 0 Å². The molecule has 0 spiro atoms. The Balaban J connectivity index is 2.41. The summed E-state index contributed by atoms with van der Waals surface area (Å²) in [5.41, 5.74) is 2.28. The molecule has 0 aliphatic rings. The van der Waals surface area contributed by atoms with E-state index in [0.717, 1.165) is 26.7 Å². The maximum absolute atomic E-state index is 6.06. The van der Waals surface area contributed by atoms with E-state index in [2.05, 4.69) is 53.1 Å². The Labute approximate surface area is 131 Å². The van der Waals surface area contributed by atoms with Crippen LogP contribution in [0.4, 0.5) is 0 Å². The highest BCUT2D eigenvalue weighted by molar-refractivity contribution is 9.10. The first-order valence-corrected chi connectivity index (χ1v) is 8.14. The van der Waals surface area contributed by atoms with Crippen LogP contribution in [-0.4, -0.2) is 11.5 Å². The number of hydrogen-bond acceptors (Lipinski definition) is 3. The van der Waals surface area contributed by atoms with E-state index in [1.54, 1.807) is 11.3 Å². The average Bonchev–Trinajstić information content (AvgIpc) is 2.70. The minimum absolute atomic E-state index is 0.121. The van der Waals surface area contributed by atoms with E-state index in [4.69, 9.17) is 11.6 Å². The van der Waals surface area contributed by atoms with Crippen molar-refractivity contribution in [1.82, 2.24) is 10.3 Å². The van der Waals surface area contributed by atoms with Crippen LogP contribution in [0.3, 0.4) is 0 Å². The number of nitrogens with one attached hydrogen (secondary N) is 1.